The molecule has 2 N–H and O–H groups in total. The van der Waals surface area contributed by atoms with Crippen molar-refractivity contribution in [3.05, 3.63) is 144 Å². The molecule has 1 fully saturated rings. The van der Waals surface area contributed by atoms with Crippen LogP contribution < -0.4 is 5.73 Å². The fraction of sp³-hybridized carbons (Fsp3) is 0.265. The second kappa shape index (κ2) is 14.7. The second-order valence-electron chi connectivity index (χ2n) is 9.91. The van der Waals surface area contributed by atoms with Gasteiger partial charge in [-0.25, -0.2) is 0 Å². The monoisotopic (exact) mass is 553 g/mol. The first-order valence-corrected chi connectivity index (χ1v) is 13.7. The van der Waals surface area contributed by atoms with Gasteiger partial charge in [-0.1, -0.05) is 121 Å². The molecule has 4 aromatic carbocycles. The Morgan fingerprint density at radius 2 is 0.854 bits per heavy atom. The van der Waals surface area contributed by atoms with Crippen molar-refractivity contribution in [1.82, 2.24) is 0 Å². The zero-order chi connectivity index (χ0) is 28.3. The van der Waals surface area contributed by atoms with Crippen molar-refractivity contribution in [1.29, 1.82) is 0 Å². The van der Waals surface area contributed by atoms with Crippen LogP contribution in [0.3, 0.4) is 0 Å². The highest BCUT2D eigenvalue weighted by Gasteiger charge is 2.51. The van der Waals surface area contributed by atoms with Gasteiger partial charge < -0.3 is 29.4 Å². The number of nitrogens with two attached hydrogens (primary N) is 1. The maximum Gasteiger partial charge on any atom is 0.249 e. The van der Waals surface area contributed by atoms with Crippen molar-refractivity contribution in [3.8, 4) is 0 Å². The summed E-state index contributed by atoms with van der Waals surface area (Å²) in [4.78, 5) is 12.8. The third-order valence-electron chi connectivity index (χ3n) is 6.89. The van der Waals surface area contributed by atoms with Crippen molar-refractivity contribution >= 4 is 5.91 Å². The molecule has 0 aliphatic carbocycles. The third-order valence-corrected chi connectivity index (χ3v) is 6.89. The van der Waals surface area contributed by atoms with Crippen LogP contribution >= 0.6 is 0 Å². The number of benzene rings is 4. The van der Waals surface area contributed by atoms with E-state index in [0.29, 0.717) is 0 Å². The molecule has 0 bridgehead atoms. The van der Waals surface area contributed by atoms with Crippen LogP contribution in [0, 0.1) is 0 Å². The molecule has 1 saturated heterocycles. The Morgan fingerprint density at radius 3 is 1.24 bits per heavy atom. The van der Waals surface area contributed by atoms with E-state index in [2.05, 4.69) is 0 Å². The third kappa shape index (κ3) is 8.10. The minimum atomic E-state index is -1.11. The lowest BCUT2D eigenvalue weighted by Crippen LogP contribution is -2.63. The summed E-state index contributed by atoms with van der Waals surface area (Å²) in [6.07, 6.45) is -4.34. The van der Waals surface area contributed by atoms with Crippen LogP contribution in [0.25, 0.3) is 0 Å². The van der Waals surface area contributed by atoms with Gasteiger partial charge in [0.1, 0.15) is 18.3 Å². The molecule has 4 aromatic rings. The van der Waals surface area contributed by atoms with Crippen LogP contribution in [0.2, 0.25) is 0 Å². The summed E-state index contributed by atoms with van der Waals surface area (Å²) in [5.74, 6) is -0.661. The fourth-order valence-corrected chi connectivity index (χ4v) is 4.77. The van der Waals surface area contributed by atoms with Crippen LogP contribution in [-0.4, -0.2) is 36.6 Å². The largest absolute Gasteiger partial charge is 0.368 e. The first-order valence-electron chi connectivity index (χ1n) is 13.7. The maximum atomic E-state index is 12.8. The molecule has 1 amide bonds. The van der Waals surface area contributed by atoms with Gasteiger partial charge in [-0.2, -0.15) is 0 Å². The SMILES string of the molecule is NC(=O)C1OC(OCc2ccccc2)C(OCc2ccccc2)C(OCc2ccccc2)C1OCc1ccccc1. The average Bonchev–Trinajstić information content (AvgIpc) is 3.03. The number of hydrogen-bond acceptors (Lipinski definition) is 6. The van der Waals surface area contributed by atoms with E-state index in [-0.39, 0.29) is 26.4 Å². The Labute approximate surface area is 240 Å². The molecule has 5 rings (SSSR count). The van der Waals surface area contributed by atoms with Gasteiger partial charge in [-0.05, 0) is 22.3 Å². The Bertz CT molecular complexity index is 1320. The van der Waals surface area contributed by atoms with Crippen molar-refractivity contribution < 1.29 is 28.5 Å². The molecule has 212 valence electrons. The molecule has 5 atom stereocenters. The topological polar surface area (TPSA) is 89.2 Å². The molecule has 1 heterocycles. The lowest BCUT2D eigenvalue weighted by molar-refractivity contribution is -0.319. The van der Waals surface area contributed by atoms with Crippen LogP contribution in [0.5, 0.6) is 0 Å². The molecule has 7 nitrogen and oxygen atoms in total. The summed E-state index contributed by atoms with van der Waals surface area (Å²) in [6.45, 7) is 1.06. The van der Waals surface area contributed by atoms with E-state index in [1.54, 1.807) is 0 Å². The fourth-order valence-electron chi connectivity index (χ4n) is 4.77. The van der Waals surface area contributed by atoms with Crippen molar-refractivity contribution in [3.63, 3.8) is 0 Å². The summed E-state index contributed by atoms with van der Waals surface area (Å²) in [6, 6.07) is 39.1. The standard InChI is InChI=1S/C34H35NO6/c35-33(36)31-29(37-21-25-13-5-1-6-14-25)30(38-22-26-15-7-2-8-16-26)32(39-23-27-17-9-3-10-18-27)34(41-31)40-24-28-19-11-4-12-20-28/h1-20,29-32,34H,21-24H2,(H2,35,36). The van der Waals surface area contributed by atoms with Crippen LogP contribution in [-0.2, 0) is 54.9 Å². The molecule has 0 radical (unpaired) electrons. The highest BCUT2D eigenvalue weighted by molar-refractivity contribution is 5.79. The normalized spacial score (nSPS) is 22.3. The smallest absolute Gasteiger partial charge is 0.249 e. The molecule has 1 aliphatic heterocycles. The van der Waals surface area contributed by atoms with Gasteiger partial charge in [-0.3, -0.25) is 4.79 Å². The first kappa shape index (κ1) is 28.7. The summed E-state index contributed by atoms with van der Waals surface area (Å²) in [5.41, 5.74) is 9.74. The average molecular weight is 554 g/mol. The molecule has 0 spiro atoms. The van der Waals surface area contributed by atoms with E-state index in [1.165, 1.54) is 0 Å². The lowest BCUT2D eigenvalue weighted by Gasteiger charge is -2.45. The van der Waals surface area contributed by atoms with Gasteiger partial charge in [0.2, 0.25) is 5.91 Å². The molecular formula is C34H35NO6. The number of ether oxygens (including phenoxy) is 5. The molecule has 0 aromatic heterocycles. The quantitative estimate of drug-likeness (QED) is 0.246. The van der Waals surface area contributed by atoms with Crippen molar-refractivity contribution in [2.75, 3.05) is 0 Å². The van der Waals surface area contributed by atoms with E-state index in [0.717, 1.165) is 22.3 Å². The Morgan fingerprint density at radius 1 is 0.512 bits per heavy atom. The van der Waals surface area contributed by atoms with E-state index in [9.17, 15) is 4.79 Å². The minimum Gasteiger partial charge on any atom is -0.368 e. The summed E-state index contributed by atoms with van der Waals surface area (Å²) in [7, 11) is 0. The number of hydrogen-bond donors (Lipinski definition) is 1. The van der Waals surface area contributed by atoms with Gasteiger partial charge in [0.25, 0.3) is 0 Å². The minimum absolute atomic E-state index is 0.241. The summed E-state index contributed by atoms with van der Waals surface area (Å²) in [5, 5.41) is 0. The van der Waals surface area contributed by atoms with Gasteiger partial charge in [0, 0.05) is 0 Å². The molecule has 7 heteroatoms. The Balaban J connectivity index is 1.44. The number of carbonyl (C=O) groups is 1. The number of rotatable bonds is 13. The number of primary amides is 1. The first-order chi connectivity index (χ1) is 20.2. The zero-order valence-electron chi connectivity index (χ0n) is 22.8. The summed E-state index contributed by atoms with van der Waals surface area (Å²) < 4.78 is 31.8. The molecule has 5 unspecified atom stereocenters. The zero-order valence-corrected chi connectivity index (χ0v) is 22.8. The van der Waals surface area contributed by atoms with Gasteiger partial charge >= 0.3 is 0 Å². The maximum absolute atomic E-state index is 12.8. The van der Waals surface area contributed by atoms with Crippen molar-refractivity contribution in [2.45, 2.75) is 57.1 Å². The van der Waals surface area contributed by atoms with Crippen LogP contribution in [0.15, 0.2) is 121 Å². The number of amides is 1. The van der Waals surface area contributed by atoms with Gasteiger partial charge in [0.05, 0.1) is 26.4 Å². The van der Waals surface area contributed by atoms with Gasteiger partial charge in [-0.15, -0.1) is 0 Å². The van der Waals surface area contributed by atoms with Crippen LogP contribution in [0.1, 0.15) is 22.3 Å². The van der Waals surface area contributed by atoms with E-state index < -0.39 is 36.6 Å². The molecule has 1 aliphatic rings. The van der Waals surface area contributed by atoms with Gasteiger partial charge in [0.15, 0.2) is 12.4 Å². The van der Waals surface area contributed by atoms with Crippen LogP contribution in [0.4, 0.5) is 0 Å². The van der Waals surface area contributed by atoms with E-state index in [4.69, 9.17) is 29.4 Å². The van der Waals surface area contributed by atoms with E-state index in [1.807, 2.05) is 121 Å². The highest BCUT2D eigenvalue weighted by atomic mass is 16.7. The Hall–Kier alpha value is -3.85. The molecule has 41 heavy (non-hydrogen) atoms. The predicted octanol–water partition coefficient (Wildman–Crippen LogP) is 5.17. The molecular weight excluding hydrogens is 518 g/mol. The Kier molecular flexibility index (Phi) is 10.3. The number of carbonyl (C=O) groups excluding carboxylic acids is 1. The second-order valence-corrected chi connectivity index (χ2v) is 9.91. The van der Waals surface area contributed by atoms with E-state index >= 15 is 0 Å². The summed E-state index contributed by atoms with van der Waals surface area (Å²) >= 11 is 0. The molecule has 0 saturated carbocycles. The highest BCUT2D eigenvalue weighted by Crippen LogP contribution is 2.31. The lowest BCUT2D eigenvalue weighted by atomic mass is 9.97. The van der Waals surface area contributed by atoms with Crippen molar-refractivity contribution in [2.24, 2.45) is 5.73 Å². The predicted molar refractivity (Wildman–Crippen MR) is 154 cm³/mol.